The van der Waals surface area contributed by atoms with Gasteiger partial charge in [-0.3, -0.25) is 4.79 Å². The Morgan fingerprint density at radius 2 is 2.13 bits per heavy atom. The van der Waals surface area contributed by atoms with E-state index in [0.717, 1.165) is 25.8 Å². The van der Waals surface area contributed by atoms with E-state index >= 15 is 0 Å². The van der Waals surface area contributed by atoms with Gasteiger partial charge in [0.05, 0.1) is 18.0 Å². The highest BCUT2D eigenvalue weighted by atomic mass is 32.2. The lowest BCUT2D eigenvalue weighted by atomic mass is 9.81. The highest BCUT2D eigenvalue weighted by Crippen LogP contribution is 2.43. The smallest absolute Gasteiger partial charge is 0.312 e. The van der Waals surface area contributed by atoms with E-state index in [0.29, 0.717) is 19.6 Å². The molecule has 0 bridgehead atoms. The summed E-state index contributed by atoms with van der Waals surface area (Å²) in [5.41, 5.74) is -0.960. The number of carboxylic acid groups (broad SMARTS) is 1. The van der Waals surface area contributed by atoms with Crippen LogP contribution in [-0.4, -0.2) is 77.2 Å². The molecule has 1 aromatic heterocycles. The second-order valence-corrected chi connectivity index (χ2v) is 8.59. The first kappa shape index (κ1) is 16.4. The molecule has 1 aromatic rings. The molecule has 0 spiro atoms. The fourth-order valence-corrected chi connectivity index (χ4v) is 4.66. The number of sulfonamides is 1. The van der Waals surface area contributed by atoms with Gasteiger partial charge in [-0.05, 0) is 13.0 Å². The topological polar surface area (TPSA) is 95.7 Å². The van der Waals surface area contributed by atoms with Crippen LogP contribution in [0.5, 0.6) is 0 Å². The Kier molecular flexibility index (Phi) is 4.19. The highest BCUT2D eigenvalue weighted by Gasteiger charge is 2.58. The monoisotopic (exact) mass is 342 g/mol. The van der Waals surface area contributed by atoms with Gasteiger partial charge in [-0.15, -0.1) is 0 Å². The fraction of sp³-hybridized carbons (Fsp3) is 0.714. The van der Waals surface area contributed by atoms with Crippen molar-refractivity contribution in [3.63, 3.8) is 0 Å². The van der Waals surface area contributed by atoms with Gasteiger partial charge >= 0.3 is 5.97 Å². The highest BCUT2D eigenvalue weighted by molar-refractivity contribution is 7.88. The number of imidazole rings is 1. The summed E-state index contributed by atoms with van der Waals surface area (Å²) >= 11 is 0. The molecule has 0 aliphatic carbocycles. The molecule has 0 radical (unpaired) electrons. The van der Waals surface area contributed by atoms with Crippen molar-refractivity contribution in [3.05, 3.63) is 18.7 Å². The number of carboxylic acids is 1. The average Bonchev–Trinajstić information content (AvgIpc) is 3.10. The van der Waals surface area contributed by atoms with E-state index in [1.807, 2.05) is 10.8 Å². The molecule has 0 amide bonds. The number of hydrogen-bond donors (Lipinski definition) is 1. The summed E-state index contributed by atoms with van der Waals surface area (Å²) in [7, 11) is -3.34. The Morgan fingerprint density at radius 3 is 2.70 bits per heavy atom. The summed E-state index contributed by atoms with van der Waals surface area (Å²) in [6, 6.07) is 0. The predicted molar refractivity (Wildman–Crippen MR) is 83.3 cm³/mol. The lowest BCUT2D eigenvalue weighted by Gasteiger charge is -2.24. The Hall–Kier alpha value is -1.45. The zero-order chi connectivity index (χ0) is 16.7. The lowest BCUT2D eigenvalue weighted by Crippen LogP contribution is -2.42. The molecular formula is C14H22N4O4S. The van der Waals surface area contributed by atoms with Gasteiger partial charge in [0.1, 0.15) is 0 Å². The fourth-order valence-electron chi connectivity index (χ4n) is 3.74. The van der Waals surface area contributed by atoms with Gasteiger partial charge in [0.2, 0.25) is 10.0 Å². The Morgan fingerprint density at radius 1 is 1.35 bits per heavy atom. The van der Waals surface area contributed by atoms with Crippen molar-refractivity contribution in [2.75, 3.05) is 39.0 Å². The molecule has 3 rings (SSSR count). The van der Waals surface area contributed by atoms with Gasteiger partial charge in [0.15, 0.2) is 0 Å². The van der Waals surface area contributed by atoms with Gasteiger partial charge in [0.25, 0.3) is 0 Å². The van der Waals surface area contributed by atoms with Crippen molar-refractivity contribution in [2.24, 2.45) is 11.3 Å². The van der Waals surface area contributed by atoms with Gasteiger partial charge in [-0.1, -0.05) is 0 Å². The summed E-state index contributed by atoms with van der Waals surface area (Å²) < 4.78 is 26.8. The maximum absolute atomic E-state index is 11.8. The number of likely N-dealkylation sites (tertiary alicyclic amines) is 1. The maximum Gasteiger partial charge on any atom is 0.312 e. The van der Waals surface area contributed by atoms with Crippen molar-refractivity contribution in [1.29, 1.82) is 0 Å². The summed E-state index contributed by atoms with van der Waals surface area (Å²) in [6.45, 7) is 3.11. The molecule has 2 fully saturated rings. The molecule has 23 heavy (non-hydrogen) atoms. The number of fused-ring (bicyclic) bond motifs is 1. The third-order valence-corrected chi connectivity index (χ3v) is 6.21. The van der Waals surface area contributed by atoms with Gasteiger partial charge < -0.3 is 14.6 Å². The lowest BCUT2D eigenvalue weighted by molar-refractivity contribution is -0.148. The van der Waals surface area contributed by atoms with Crippen LogP contribution < -0.4 is 0 Å². The maximum atomic E-state index is 11.8. The van der Waals surface area contributed by atoms with E-state index in [9.17, 15) is 18.3 Å². The van der Waals surface area contributed by atoms with Gasteiger partial charge in [0, 0.05) is 51.0 Å². The standard InChI is InChI=1S/C14H22N4O4S/c1-23(21,22)18-8-12-7-17(9-14(12,10-18)13(19)20)5-2-4-16-6-3-15-11-16/h3,6,11-12H,2,4-5,7-10H2,1H3,(H,19,20)/t12-,14-/m1/s1. The third-order valence-electron chi connectivity index (χ3n) is 4.99. The molecule has 0 aromatic carbocycles. The number of carbonyl (C=O) groups is 1. The number of nitrogens with zero attached hydrogens (tertiary/aromatic N) is 4. The zero-order valence-corrected chi connectivity index (χ0v) is 13.9. The van der Waals surface area contributed by atoms with Crippen molar-refractivity contribution < 1.29 is 18.3 Å². The Labute approximate surface area is 135 Å². The SMILES string of the molecule is CS(=O)(=O)N1C[C@H]2CN(CCCn3ccnc3)C[C@@]2(C(=O)O)C1. The van der Waals surface area contributed by atoms with Crippen molar-refractivity contribution >= 4 is 16.0 Å². The van der Waals surface area contributed by atoms with Crippen LogP contribution in [0.1, 0.15) is 6.42 Å². The number of aromatic nitrogens is 2. The molecule has 0 unspecified atom stereocenters. The van der Waals surface area contributed by atoms with E-state index in [4.69, 9.17) is 0 Å². The first-order chi connectivity index (χ1) is 10.8. The van der Waals surface area contributed by atoms with Crippen LogP contribution in [0.15, 0.2) is 18.7 Å². The summed E-state index contributed by atoms with van der Waals surface area (Å²) in [4.78, 5) is 18.0. The molecule has 2 aliphatic rings. The average molecular weight is 342 g/mol. The van der Waals surface area contributed by atoms with Crippen LogP contribution in [0.4, 0.5) is 0 Å². The zero-order valence-electron chi connectivity index (χ0n) is 13.1. The van der Waals surface area contributed by atoms with E-state index in [2.05, 4.69) is 9.88 Å². The number of rotatable bonds is 6. The first-order valence-electron chi connectivity index (χ1n) is 7.68. The minimum absolute atomic E-state index is 0.0872. The summed E-state index contributed by atoms with van der Waals surface area (Å²) in [5.74, 6) is -1.02. The van der Waals surface area contributed by atoms with Crippen molar-refractivity contribution in [3.8, 4) is 0 Å². The summed E-state index contributed by atoms with van der Waals surface area (Å²) in [6.07, 6.45) is 7.46. The second-order valence-electron chi connectivity index (χ2n) is 6.60. The van der Waals surface area contributed by atoms with E-state index in [-0.39, 0.29) is 12.5 Å². The van der Waals surface area contributed by atoms with E-state index in [1.165, 1.54) is 4.31 Å². The number of aliphatic carboxylic acids is 1. The Balaban J connectivity index is 1.61. The molecule has 128 valence electrons. The van der Waals surface area contributed by atoms with Crippen LogP contribution in [0.25, 0.3) is 0 Å². The first-order valence-corrected chi connectivity index (χ1v) is 9.53. The molecule has 2 atom stereocenters. The second kappa shape index (κ2) is 5.88. The summed E-state index contributed by atoms with van der Waals surface area (Å²) in [5, 5.41) is 9.69. The Bertz CT molecular complexity index is 675. The molecule has 0 saturated carbocycles. The van der Waals surface area contributed by atoms with Gasteiger partial charge in [-0.2, -0.15) is 0 Å². The third kappa shape index (κ3) is 3.13. The van der Waals surface area contributed by atoms with Crippen LogP contribution in [0.3, 0.4) is 0 Å². The van der Waals surface area contributed by atoms with E-state index < -0.39 is 21.4 Å². The minimum Gasteiger partial charge on any atom is -0.481 e. The molecule has 1 N–H and O–H groups in total. The largest absolute Gasteiger partial charge is 0.481 e. The molecular weight excluding hydrogens is 320 g/mol. The predicted octanol–water partition coefficient (Wildman–Crippen LogP) is -0.449. The molecule has 8 nitrogen and oxygen atoms in total. The molecule has 9 heteroatoms. The number of aryl methyl sites for hydroxylation is 1. The molecule has 2 saturated heterocycles. The molecule has 2 aliphatic heterocycles. The van der Waals surface area contributed by atoms with Crippen LogP contribution in [0, 0.1) is 11.3 Å². The normalized spacial score (nSPS) is 29.0. The van der Waals surface area contributed by atoms with E-state index in [1.54, 1.807) is 12.5 Å². The van der Waals surface area contributed by atoms with Crippen LogP contribution >= 0.6 is 0 Å². The molecule has 3 heterocycles. The quantitative estimate of drug-likeness (QED) is 0.752. The van der Waals surface area contributed by atoms with Crippen LogP contribution in [-0.2, 0) is 21.4 Å². The van der Waals surface area contributed by atoms with Gasteiger partial charge in [-0.25, -0.2) is 17.7 Å². The number of hydrogen-bond acceptors (Lipinski definition) is 5. The van der Waals surface area contributed by atoms with Crippen LogP contribution in [0.2, 0.25) is 0 Å². The minimum atomic E-state index is -3.34. The van der Waals surface area contributed by atoms with Crippen molar-refractivity contribution in [1.82, 2.24) is 18.8 Å². The van der Waals surface area contributed by atoms with Crippen molar-refractivity contribution in [2.45, 2.75) is 13.0 Å².